The minimum atomic E-state index is -0.624. The second-order valence-electron chi connectivity index (χ2n) is 2.63. The number of carbonyl (C=O) groups excluding carboxylic acids is 1. The van der Waals surface area contributed by atoms with Gasteiger partial charge >= 0.3 is 31.3 Å². The average Bonchev–Trinajstić information content (AvgIpc) is 2.20. The van der Waals surface area contributed by atoms with E-state index >= 15 is 0 Å². The number of methoxy groups -OCH3 is 1. The minimum absolute atomic E-state index is 0. The molecule has 0 saturated carbocycles. The number of ether oxygens (including phenoxy) is 1. The summed E-state index contributed by atoms with van der Waals surface area (Å²) in [5.74, 6) is 0.648. The fourth-order valence-corrected chi connectivity index (χ4v) is 0.976. The van der Waals surface area contributed by atoms with Crippen LogP contribution in [0.25, 0.3) is 5.43 Å². The molecular formula is C9H13N3O4Zn+2. The van der Waals surface area contributed by atoms with Crippen LogP contribution in [0.15, 0.2) is 23.3 Å². The van der Waals surface area contributed by atoms with Crippen LogP contribution >= 0.6 is 0 Å². The molecule has 0 spiro atoms. The van der Waals surface area contributed by atoms with Crippen LogP contribution in [-0.4, -0.2) is 34.7 Å². The number of rotatable bonds is 3. The Balaban J connectivity index is 0. The van der Waals surface area contributed by atoms with Gasteiger partial charge in [0.05, 0.1) is 12.7 Å². The largest absolute Gasteiger partial charge is 2.00 e. The Morgan fingerprint density at radius 2 is 2.24 bits per heavy atom. The van der Waals surface area contributed by atoms with E-state index in [0.29, 0.717) is 11.3 Å². The Bertz CT molecular complexity index is 398. The summed E-state index contributed by atoms with van der Waals surface area (Å²) < 4.78 is 4.95. The second kappa shape index (κ2) is 8.49. The van der Waals surface area contributed by atoms with Gasteiger partial charge in [0.25, 0.3) is 0 Å². The number of hydrogen-bond donors (Lipinski definition) is 1. The van der Waals surface area contributed by atoms with E-state index in [4.69, 9.17) is 20.4 Å². The van der Waals surface area contributed by atoms with Crippen LogP contribution in [0.4, 0.5) is 0 Å². The Hall–Kier alpha value is -1.66. The third kappa shape index (κ3) is 5.28. The van der Waals surface area contributed by atoms with Gasteiger partial charge in [-0.05, 0) is 12.1 Å². The molecule has 0 unspecified atom stereocenters. The van der Waals surface area contributed by atoms with E-state index in [-0.39, 0.29) is 30.7 Å². The summed E-state index contributed by atoms with van der Waals surface area (Å²) >= 11 is 0. The number of hydrogen-bond acceptors (Lipinski definition) is 3. The Kier molecular flexibility index (Phi) is 8.85. The quantitative estimate of drug-likeness (QED) is 0.365. The van der Waals surface area contributed by atoms with Crippen LogP contribution in [0, 0.1) is 0 Å². The summed E-state index contributed by atoms with van der Waals surface area (Å²) in [6.45, 7) is 0. The first-order valence-electron chi connectivity index (χ1n) is 4.09. The van der Waals surface area contributed by atoms with E-state index in [1.54, 1.807) is 18.2 Å². The third-order valence-corrected chi connectivity index (χ3v) is 1.64. The number of benzene rings is 1. The molecule has 0 bridgehead atoms. The number of nitrogens with zero attached hydrogens (tertiary/aromatic N) is 2. The molecule has 0 heterocycles. The smallest absolute Gasteiger partial charge is 0.870 e. The van der Waals surface area contributed by atoms with Gasteiger partial charge < -0.3 is 21.1 Å². The molecule has 0 atom stereocenters. The van der Waals surface area contributed by atoms with Gasteiger partial charge in [0.1, 0.15) is 0 Å². The fourth-order valence-electron chi connectivity index (χ4n) is 0.976. The van der Waals surface area contributed by atoms with Gasteiger partial charge in [0.2, 0.25) is 5.75 Å². The van der Waals surface area contributed by atoms with E-state index in [1.165, 1.54) is 13.3 Å². The Morgan fingerprint density at radius 3 is 2.76 bits per heavy atom. The molecular weight excluding hydrogens is 280 g/mol. The monoisotopic (exact) mass is 291 g/mol. The normalized spacial score (nSPS) is 9.00. The van der Waals surface area contributed by atoms with Crippen LogP contribution in [0.3, 0.4) is 0 Å². The van der Waals surface area contributed by atoms with Gasteiger partial charge in [-0.3, -0.25) is 15.3 Å². The molecule has 0 aliphatic carbocycles. The van der Waals surface area contributed by atoms with Crippen molar-refractivity contribution in [3.8, 4) is 11.5 Å². The predicted octanol–water partition coefficient (Wildman–Crippen LogP) is 0.0800. The molecule has 0 aliphatic rings. The molecule has 0 aliphatic heterocycles. The van der Waals surface area contributed by atoms with Crippen molar-refractivity contribution in [2.45, 2.75) is 0 Å². The first kappa shape index (κ1) is 17.7. The first-order valence-corrected chi connectivity index (χ1v) is 4.09. The predicted molar refractivity (Wildman–Crippen MR) is 60.1 cm³/mol. The maximum Gasteiger partial charge on any atom is 2.00 e. The van der Waals surface area contributed by atoms with Crippen molar-refractivity contribution in [2.75, 3.05) is 7.11 Å². The summed E-state index contributed by atoms with van der Waals surface area (Å²) in [4.78, 5) is 8.54. The van der Waals surface area contributed by atoms with Crippen LogP contribution < -0.4 is 10.5 Å². The van der Waals surface area contributed by atoms with Crippen LogP contribution in [0.5, 0.6) is 11.5 Å². The number of para-hydroxylation sites is 1. The minimum Gasteiger partial charge on any atom is -0.870 e. The Morgan fingerprint density at radius 1 is 1.59 bits per heavy atom. The van der Waals surface area contributed by atoms with Gasteiger partial charge in [0, 0.05) is 6.21 Å². The number of urea groups is 1. The van der Waals surface area contributed by atoms with E-state index < -0.39 is 6.03 Å². The molecule has 1 aromatic carbocycles. The van der Waals surface area contributed by atoms with Crippen molar-refractivity contribution in [1.82, 2.24) is 0 Å². The van der Waals surface area contributed by atoms with Crippen LogP contribution in [-0.2, 0) is 19.5 Å². The van der Waals surface area contributed by atoms with Crippen LogP contribution in [0.2, 0.25) is 0 Å². The topological polar surface area (TPSA) is 136 Å². The number of amides is 2. The van der Waals surface area contributed by atoms with Crippen molar-refractivity contribution in [1.29, 1.82) is 0 Å². The molecule has 1 rings (SSSR count). The molecule has 0 saturated heterocycles. The fraction of sp³-hybridized carbons (Fsp3) is 0.111. The number of nitrogens with two attached hydrogens (primary N) is 1. The van der Waals surface area contributed by atoms with E-state index in [1.807, 2.05) is 0 Å². The van der Waals surface area contributed by atoms with Crippen molar-refractivity contribution >= 4 is 12.2 Å². The number of primary amides is 1. The maximum atomic E-state index is 8.54. The SMILES string of the molecule is COc1cccc(C=N[N-]C(N)=[OH+])c1[OH2+].[OH-].[Zn+2]. The van der Waals surface area contributed by atoms with E-state index in [9.17, 15) is 0 Å². The van der Waals surface area contributed by atoms with E-state index in [0.717, 1.165) is 0 Å². The molecule has 0 radical (unpaired) electrons. The molecule has 1 aromatic rings. The Labute approximate surface area is 111 Å². The van der Waals surface area contributed by atoms with Crippen molar-refractivity contribution in [2.24, 2.45) is 10.8 Å². The first-order chi connectivity index (χ1) is 7.15. The molecule has 17 heavy (non-hydrogen) atoms. The van der Waals surface area contributed by atoms with Crippen LogP contribution in [0.1, 0.15) is 5.56 Å². The molecule has 0 fully saturated rings. The molecule has 7 nitrogen and oxygen atoms in total. The van der Waals surface area contributed by atoms with Gasteiger partial charge in [-0.2, -0.15) is 0 Å². The van der Waals surface area contributed by atoms with E-state index in [2.05, 4.69) is 10.5 Å². The zero-order chi connectivity index (χ0) is 11.3. The zero-order valence-corrected chi connectivity index (χ0v) is 12.3. The van der Waals surface area contributed by atoms with Crippen molar-refractivity contribution in [3.05, 3.63) is 29.2 Å². The van der Waals surface area contributed by atoms with Crippen molar-refractivity contribution < 1.29 is 39.6 Å². The molecule has 2 amide bonds. The second-order valence-corrected chi connectivity index (χ2v) is 2.63. The van der Waals surface area contributed by atoms with Crippen molar-refractivity contribution in [3.63, 3.8) is 0 Å². The molecule has 6 N–H and O–H groups in total. The summed E-state index contributed by atoms with van der Waals surface area (Å²) in [5.41, 5.74) is 8.61. The van der Waals surface area contributed by atoms with Gasteiger partial charge in [-0.1, -0.05) is 6.07 Å². The van der Waals surface area contributed by atoms with Gasteiger partial charge in [0.15, 0.2) is 0 Å². The summed E-state index contributed by atoms with van der Waals surface area (Å²) in [5, 5.41) is 11.2. The summed E-state index contributed by atoms with van der Waals surface area (Å²) in [6.07, 6.45) is 1.31. The summed E-state index contributed by atoms with van der Waals surface area (Å²) in [6, 6.07) is 4.45. The van der Waals surface area contributed by atoms with Gasteiger partial charge in [-0.25, -0.2) is 0 Å². The zero-order valence-electron chi connectivity index (χ0n) is 9.29. The standard InChI is InChI=1S/C9H11N3O3.H2O.Zn/c1-15-7-4-2-3-6(8(7)13)5-11-12-9(10)14;;/h2-5H,1H3,(H4,10,11,12,13,14);1H2;/q;;+2. The molecule has 88 valence electrons. The average molecular weight is 293 g/mol. The molecule has 0 aromatic heterocycles. The van der Waals surface area contributed by atoms with Gasteiger partial charge in [-0.15, -0.1) is 0 Å². The third-order valence-electron chi connectivity index (χ3n) is 1.64. The molecule has 8 heteroatoms. The maximum absolute atomic E-state index is 8.54. The summed E-state index contributed by atoms with van der Waals surface area (Å²) in [7, 11) is 1.48.